The number of hydrogen-bond acceptors (Lipinski definition) is 5. The summed E-state index contributed by atoms with van der Waals surface area (Å²) in [6.45, 7) is 3.05. The van der Waals surface area contributed by atoms with Crippen molar-refractivity contribution in [3.8, 4) is 0 Å². The van der Waals surface area contributed by atoms with E-state index in [1.54, 1.807) is 29.8 Å². The van der Waals surface area contributed by atoms with Crippen molar-refractivity contribution in [2.75, 3.05) is 26.2 Å². The number of likely N-dealkylation sites (tertiary alicyclic amines) is 2. The molecule has 2 fully saturated rings. The van der Waals surface area contributed by atoms with Crippen LogP contribution in [-0.2, 0) is 4.79 Å². The van der Waals surface area contributed by atoms with Crippen LogP contribution in [-0.4, -0.2) is 70.0 Å². The molecule has 0 radical (unpaired) electrons. The Morgan fingerprint density at radius 2 is 1.69 bits per heavy atom. The molecule has 32 heavy (non-hydrogen) atoms. The molecule has 2 aliphatic rings. The normalized spacial score (nSPS) is 20.6. The number of carboxylic acids is 1. The number of carbonyl (C=O) groups is 3. The molecular weight excluding hydrogens is 447 g/mol. The molecule has 1 spiro atoms. The van der Waals surface area contributed by atoms with Crippen molar-refractivity contribution < 1.29 is 32.7 Å². The summed E-state index contributed by atoms with van der Waals surface area (Å²) in [5.41, 5.74) is 1.46. The quantitative estimate of drug-likeness (QED) is 0.727. The van der Waals surface area contributed by atoms with Crippen LogP contribution in [0.25, 0.3) is 0 Å². The largest absolute Gasteiger partial charge is 0.490 e. The van der Waals surface area contributed by atoms with Crippen LogP contribution in [0.1, 0.15) is 40.0 Å². The summed E-state index contributed by atoms with van der Waals surface area (Å²) < 4.78 is 31.7. The Morgan fingerprint density at radius 1 is 1.03 bits per heavy atom. The smallest absolute Gasteiger partial charge is 0.475 e. The number of thiophene rings is 1. The minimum absolute atomic E-state index is 0.0435. The Labute approximate surface area is 186 Å². The Hall–Kier alpha value is -2.95. The Balaban J connectivity index is 0.000000360. The van der Waals surface area contributed by atoms with Crippen LogP contribution in [0.15, 0.2) is 41.4 Å². The van der Waals surface area contributed by atoms with Gasteiger partial charge in [-0.3, -0.25) is 14.6 Å². The van der Waals surface area contributed by atoms with Gasteiger partial charge in [0.05, 0.1) is 11.1 Å². The van der Waals surface area contributed by atoms with E-state index in [0.717, 1.165) is 51.0 Å². The molecular formula is C21H22F3N3O4S. The molecule has 4 heterocycles. The molecule has 2 aliphatic heterocycles. The van der Waals surface area contributed by atoms with E-state index >= 15 is 0 Å². The number of piperidine rings is 1. The maximum Gasteiger partial charge on any atom is 0.490 e. The second-order valence-electron chi connectivity index (χ2n) is 7.86. The van der Waals surface area contributed by atoms with Gasteiger partial charge >= 0.3 is 12.1 Å². The van der Waals surface area contributed by atoms with Crippen molar-refractivity contribution in [3.05, 3.63) is 52.5 Å². The molecule has 2 saturated heterocycles. The molecule has 2 aromatic heterocycles. The third kappa shape index (κ3) is 5.64. The predicted molar refractivity (Wildman–Crippen MR) is 110 cm³/mol. The lowest BCUT2D eigenvalue weighted by Crippen LogP contribution is -2.47. The Bertz CT molecular complexity index is 953. The molecule has 0 aromatic carbocycles. The van der Waals surface area contributed by atoms with Gasteiger partial charge in [-0.05, 0) is 42.8 Å². The highest BCUT2D eigenvalue weighted by atomic mass is 32.1. The van der Waals surface area contributed by atoms with Gasteiger partial charge in [-0.25, -0.2) is 4.79 Å². The summed E-state index contributed by atoms with van der Waals surface area (Å²) in [6, 6.07) is 5.50. The van der Waals surface area contributed by atoms with Gasteiger partial charge in [0.25, 0.3) is 11.8 Å². The van der Waals surface area contributed by atoms with Crippen LogP contribution in [0, 0.1) is 5.41 Å². The first-order valence-electron chi connectivity index (χ1n) is 9.92. The molecule has 4 rings (SSSR count). The first kappa shape index (κ1) is 23.7. The lowest BCUT2D eigenvalue weighted by Gasteiger charge is -2.40. The van der Waals surface area contributed by atoms with E-state index in [-0.39, 0.29) is 17.2 Å². The maximum absolute atomic E-state index is 12.7. The first-order chi connectivity index (χ1) is 15.1. The highest BCUT2D eigenvalue weighted by molar-refractivity contribution is 7.08. The van der Waals surface area contributed by atoms with Gasteiger partial charge in [0.1, 0.15) is 0 Å². The van der Waals surface area contributed by atoms with Gasteiger partial charge in [-0.15, -0.1) is 0 Å². The molecule has 11 heteroatoms. The lowest BCUT2D eigenvalue weighted by atomic mass is 9.79. The Kier molecular flexibility index (Phi) is 7.17. The third-order valence-corrected chi connectivity index (χ3v) is 6.28. The standard InChI is InChI=1S/C19H21N3O2S.C2HF3O2/c23-17(15-3-1-7-20-11-15)21-8-2-5-19(13-21)6-9-22(14-19)18(24)16-4-10-25-12-16;3-2(4,5)1(6)7/h1,3-4,7,10-12H,2,5-6,8-9,13-14H2;(H,6,7). The second-order valence-corrected chi connectivity index (χ2v) is 8.64. The summed E-state index contributed by atoms with van der Waals surface area (Å²) in [7, 11) is 0. The zero-order valence-corrected chi connectivity index (χ0v) is 17.9. The number of alkyl halides is 3. The van der Waals surface area contributed by atoms with E-state index < -0.39 is 12.1 Å². The average Bonchev–Trinajstić information content (AvgIpc) is 3.44. The van der Waals surface area contributed by atoms with Crippen LogP contribution in [0.3, 0.4) is 0 Å². The third-order valence-electron chi connectivity index (χ3n) is 5.59. The molecule has 1 atom stereocenters. The number of rotatable bonds is 2. The fourth-order valence-electron chi connectivity index (χ4n) is 4.06. The molecule has 2 amide bonds. The van der Waals surface area contributed by atoms with Crippen molar-refractivity contribution in [1.82, 2.24) is 14.8 Å². The SMILES string of the molecule is O=C(O)C(F)(F)F.O=C(c1cccnc1)N1CCCC2(CCN(C(=O)c3ccsc3)C2)C1. The topological polar surface area (TPSA) is 90.8 Å². The molecule has 172 valence electrons. The van der Waals surface area contributed by atoms with E-state index in [1.807, 2.05) is 32.7 Å². The summed E-state index contributed by atoms with van der Waals surface area (Å²) in [4.78, 5) is 42.2. The van der Waals surface area contributed by atoms with Gasteiger partial charge < -0.3 is 14.9 Å². The van der Waals surface area contributed by atoms with E-state index in [0.29, 0.717) is 5.56 Å². The monoisotopic (exact) mass is 469 g/mol. The fraction of sp³-hybridized carbons (Fsp3) is 0.429. The van der Waals surface area contributed by atoms with Crippen molar-refractivity contribution in [2.45, 2.75) is 25.4 Å². The molecule has 1 unspecified atom stereocenters. The number of carbonyl (C=O) groups excluding carboxylic acids is 2. The van der Waals surface area contributed by atoms with Crippen LogP contribution >= 0.6 is 11.3 Å². The summed E-state index contributed by atoms with van der Waals surface area (Å²) in [5, 5.41) is 11.0. The summed E-state index contributed by atoms with van der Waals surface area (Å²) in [5.74, 6) is -2.59. The Morgan fingerprint density at radius 3 is 2.25 bits per heavy atom. The van der Waals surface area contributed by atoms with Crippen molar-refractivity contribution in [3.63, 3.8) is 0 Å². The van der Waals surface area contributed by atoms with Crippen LogP contribution in [0.2, 0.25) is 0 Å². The van der Waals surface area contributed by atoms with Gasteiger partial charge in [0.15, 0.2) is 0 Å². The van der Waals surface area contributed by atoms with Gasteiger partial charge in [0, 0.05) is 49.4 Å². The summed E-state index contributed by atoms with van der Waals surface area (Å²) >= 11 is 1.55. The molecule has 1 N–H and O–H groups in total. The van der Waals surface area contributed by atoms with Crippen LogP contribution < -0.4 is 0 Å². The number of pyridine rings is 1. The van der Waals surface area contributed by atoms with Gasteiger partial charge in [-0.1, -0.05) is 0 Å². The minimum atomic E-state index is -5.08. The van der Waals surface area contributed by atoms with E-state index in [4.69, 9.17) is 9.90 Å². The molecule has 0 saturated carbocycles. The number of carboxylic acid groups (broad SMARTS) is 1. The number of aromatic nitrogens is 1. The van der Waals surface area contributed by atoms with Crippen molar-refractivity contribution in [1.29, 1.82) is 0 Å². The molecule has 2 aromatic rings. The van der Waals surface area contributed by atoms with E-state index in [9.17, 15) is 22.8 Å². The van der Waals surface area contributed by atoms with E-state index in [2.05, 4.69) is 4.98 Å². The maximum atomic E-state index is 12.7. The molecule has 0 aliphatic carbocycles. The number of halogens is 3. The number of aliphatic carboxylic acids is 1. The number of amides is 2. The van der Waals surface area contributed by atoms with Crippen LogP contribution in [0.5, 0.6) is 0 Å². The predicted octanol–water partition coefficient (Wildman–Crippen LogP) is 3.54. The molecule has 7 nitrogen and oxygen atoms in total. The zero-order valence-electron chi connectivity index (χ0n) is 17.0. The van der Waals surface area contributed by atoms with Crippen molar-refractivity contribution in [2.24, 2.45) is 5.41 Å². The highest BCUT2D eigenvalue weighted by Gasteiger charge is 2.44. The average molecular weight is 469 g/mol. The second kappa shape index (κ2) is 9.68. The fourth-order valence-corrected chi connectivity index (χ4v) is 4.69. The van der Waals surface area contributed by atoms with E-state index in [1.165, 1.54) is 0 Å². The van der Waals surface area contributed by atoms with Gasteiger partial charge in [0.2, 0.25) is 0 Å². The lowest BCUT2D eigenvalue weighted by molar-refractivity contribution is -0.192. The first-order valence-corrected chi connectivity index (χ1v) is 10.9. The molecule has 0 bridgehead atoms. The highest BCUT2D eigenvalue weighted by Crippen LogP contribution is 2.39. The zero-order chi connectivity index (χ0) is 23.4. The van der Waals surface area contributed by atoms with Crippen LogP contribution in [0.4, 0.5) is 13.2 Å². The summed E-state index contributed by atoms with van der Waals surface area (Å²) in [6.07, 6.45) is 1.27. The van der Waals surface area contributed by atoms with Crippen molar-refractivity contribution >= 4 is 29.1 Å². The number of nitrogens with zero attached hydrogens (tertiary/aromatic N) is 3. The number of hydrogen-bond donors (Lipinski definition) is 1. The minimum Gasteiger partial charge on any atom is -0.475 e. The van der Waals surface area contributed by atoms with Gasteiger partial charge in [-0.2, -0.15) is 24.5 Å².